The largest absolute Gasteiger partial charge is 0.573 e. The lowest BCUT2D eigenvalue weighted by atomic mass is 9.78. The third-order valence-electron chi connectivity index (χ3n) is 7.71. The van der Waals surface area contributed by atoms with Crippen molar-refractivity contribution >= 4 is 10.8 Å². The number of alkyl halides is 3. The van der Waals surface area contributed by atoms with Crippen molar-refractivity contribution in [3.63, 3.8) is 0 Å². The Morgan fingerprint density at radius 3 is 2.14 bits per heavy atom. The van der Waals surface area contributed by atoms with E-state index in [1.165, 1.54) is 56.2 Å². The number of aryl methyl sites for hydroxylation is 3. The van der Waals surface area contributed by atoms with E-state index in [4.69, 9.17) is 4.74 Å². The molecule has 0 aliphatic heterocycles. The number of methoxy groups -OCH3 is 1. The van der Waals surface area contributed by atoms with Crippen LogP contribution in [0.1, 0.15) is 61.6 Å². The maximum atomic E-state index is 15.2. The van der Waals surface area contributed by atoms with Gasteiger partial charge in [0.05, 0.1) is 0 Å². The smallest absolute Gasteiger partial charge is 0.406 e. The highest BCUT2D eigenvalue weighted by atomic mass is 19.4. The van der Waals surface area contributed by atoms with Gasteiger partial charge in [-0.05, 0) is 84.6 Å². The molecule has 3 aromatic rings. The molecule has 0 N–H and O–H groups in total. The second kappa shape index (κ2) is 12.8. The monoisotopic (exact) mass is 516 g/mol. The van der Waals surface area contributed by atoms with Gasteiger partial charge in [-0.2, -0.15) is 0 Å². The van der Waals surface area contributed by atoms with E-state index >= 15 is 4.39 Å². The van der Waals surface area contributed by atoms with Crippen LogP contribution in [0.3, 0.4) is 0 Å². The molecule has 0 bridgehead atoms. The lowest BCUT2D eigenvalue weighted by Crippen LogP contribution is -2.17. The molecule has 37 heavy (non-hydrogen) atoms. The van der Waals surface area contributed by atoms with Crippen LogP contribution < -0.4 is 4.74 Å². The van der Waals surface area contributed by atoms with Gasteiger partial charge in [-0.3, -0.25) is 0 Å². The Kier molecular flexibility index (Phi) is 9.47. The van der Waals surface area contributed by atoms with Crippen LogP contribution >= 0.6 is 0 Å². The first-order valence-electron chi connectivity index (χ1n) is 13.3. The number of rotatable bonds is 11. The SMILES string of the molecule is COCCCC1CCC(CCc2ccc3c(F)c(CCc4ccc(OC(F)(F)F)cc4)ccc3c2)CC1. The molecule has 1 aliphatic rings. The summed E-state index contributed by atoms with van der Waals surface area (Å²) in [7, 11) is 1.77. The lowest BCUT2D eigenvalue weighted by Gasteiger charge is -2.28. The Labute approximate surface area is 217 Å². The van der Waals surface area contributed by atoms with Gasteiger partial charge >= 0.3 is 6.36 Å². The fourth-order valence-corrected chi connectivity index (χ4v) is 5.57. The molecule has 4 rings (SSSR count). The van der Waals surface area contributed by atoms with Gasteiger partial charge in [0.15, 0.2) is 0 Å². The first kappa shape index (κ1) is 27.4. The standard InChI is InChI=1S/C31H36F4O2/c1-36-20-2-3-22-4-6-23(7-5-22)8-9-25-13-19-29-27(21-25)16-15-26(30(29)32)14-10-24-11-17-28(18-12-24)37-31(33,34)35/h11-13,15-19,21-23H,2-10,14,20H2,1H3. The van der Waals surface area contributed by atoms with E-state index in [0.717, 1.165) is 42.2 Å². The molecule has 0 unspecified atom stereocenters. The minimum absolute atomic E-state index is 0.215. The predicted octanol–water partition coefficient (Wildman–Crippen LogP) is 8.83. The van der Waals surface area contributed by atoms with Crippen molar-refractivity contribution in [1.82, 2.24) is 0 Å². The van der Waals surface area contributed by atoms with Gasteiger partial charge in [0.25, 0.3) is 0 Å². The van der Waals surface area contributed by atoms with Crippen molar-refractivity contribution in [2.45, 2.75) is 70.6 Å². The first-order chi connectivity index (χ1) is 17.8. The number of hydrogen-bond donors (Lipinski definition) is 0. The quantitative estimate of drug-likeness (QED) is 0.187. The topological polar surface area (TPSA) is 18.5 Å². The van der Waals surface area contributed by atoms with Crippen LogP contribution in [0, 0.1) is 17.7 Å². The highest BCUT2D eigenvalue weighted by Gasteiger charge is 2.31. The third-order valence-corrected chi connectivity index (χ3v) is 7.71. The zero-order chi connectivity index (χ0) is 26.3. The molecule has 0 amide bonds. The van der Waals surface area contributed by atoms with Crippen LogP contribution in [0.2, 0.25) is 0 Å². The highest BCUT2D eigenvalue weighted by Crippen LogP contribution is 2.34. The maximum absolute atomic E-state index is 15.2. The summed E-state index contributed by atoms with van der Waals surface area (Å²) in [5, 5.41) is 1.53. The molecular weight excluding hydrogens is 480 g/mol. The van der Waals surface area contributed by atoms with Crippen molar-refractivity contribution in [1.29, 1.82) is 0 Å². The van der Waals surface area contributed by atoms with Gasteiger partial charge in [0.1, 0.15) is 11.6 Å². The second-order valence-electron chi connectivity index (χ2n) is 10.3. The van der Waals surface area contributed by atoms with Gasteiger partial charge in [-0.1, -0.05) is 68.1 Å². The van der Waals surface area contributed by atoms with Gasteiger partial charge < -0.3 is 9.47 Å². The zero-order valence-corrected chi connectivity index (χ0v) is 21.5. The molecule has 0 radical (unpaired) electrons. The minimum Gasteiger partial charge on any atom is -0.406 e. The summed E-state index contributed by atoms with van der Waals surface area (Å²) < 4.78 is 61.3. The van der Waals surface area contributed by atoms with E-state index in [9.17, 15) is 13.2 Å². The summed E-state index contributed by atoms with van der Waals surface area (Å²) in [6.07, 6.45) is 6.20. The van der Waals surface area contributed by atoms with E-state index in [2.05, 4.69) is 10.8 Å². The van der Waals surface area contributed by atoms with Crippen LogP contribution in [0.5, 0.6) is 5.75 Å². The molecule has 6 heteroatoms. The predicted molar refractivity (Wildman–Crippen MR) is 139 cm³/mol. The normalized spacial score (nSPS) is 18.3. The minimum atomic E-state index is -4.71. The molecular formula is C31H36F4O2. The van der Waals surface area contributed by atoms with Crippen LogP contribution in [-0.4, -0.2) is 20.1 Å². The summed E-state index contributed by atoms with van der Waals surface area (Å²) in [5.74, 6) is 1.16. The molecule has 3 aromatic carbocycles. The first-order valence-corrected chi connectivity index (χ1v) is 13.3. The van der Waals surface area contributed by atoms with Crippen molar-refractivity contribution in [3.05, 3.63) is 77.1 Å². The van der Waals surface area contributed by atoms with Crippen LogP contribution in [0.4, 0.5) is 17.6 Å². The Balaban J connectivity index is 1.29. The summed E-state index contributed by atoms with van der Waals surface area (Å²) >= 11 is 0. The Morgan fingerprint density at radius 1 is 0.784 bits per heavy atom. The molecule has 200 valence electrons. The average molecular weight is 517 g/mol. The summed E-state index contributed by atoms with van der Waals surface area (Å²) in [6.45, 7) is 0.863. The van der Waals surface area contributed by atoms with Gasteiger partial charge in [-0.15, -0.1) is 13.2 Å². The van der Waals surface area contributed by atoms with E-state index in [0.29, 0.717) is 23.8 Å². The molecule has 1 fully saturated rings. The van der Waals surface area contributed by atoms with Crippen LogP contribution in [0.15, 0.2) is 54.6 Å². The number of ether oxygens (including phenoxy) is 2. The van der Waals surface area contributed by atoms with Crippen LogP contribution in [0.25, 0.3) is 10.8 Å². The van der Waals surface area contributed by atoms with Gasteiger partial charge in [0.2, 0.25) is 0 Å². The molecule has 2 nitrogen and oxygen atoms in total. The summed E-state index contributed by atoms with van der Waals surface area (Å²) in [4.78, 5) is 0. The van der Waals surface area contributed by atoms with Crippen molar-refractivity contribution < 1.29 is 27.0 Å². The number of halogens is 4. The second-order valence-corrected chi connectivity index (χ2v) is 10.3. The number of hydrogen-bond acceptors (Lipinski definition) is 2. The Bertz CT molecular complexity index is 1130. The fraction of sp³-hybridized carbons (Fsp3) is 0.484. The number of benzene rings is 3. The maximum Gasteiger partial charge on any atom is 0.573 e. The van der Waals surface area contributed by atoms with Crippen molar-refractivity contribution in [3.8, 4) is 5.75 Å². The molecule has 0 aromatic heterocycles. The zero-order valence-electron chi connectivity index (χ0n) is 21.5. The Hall–Kier alpha value is -2.60. The van der Waals surface area contributed by atoms with E-state index < -0.39 is 6.36 Å². The molecule has 0 spiro atoms. The highest BCUT2D eigenvalue weighted by molar-refractivity contribution is 5.84. The third kappa shape index (κ3) is 8.19. The van der Waals surface area contributed by atoms with Crippen molar-refractivity contribution in [2.75, 3.05) is 13.7 Å². The lowest BCUT2D eigenvalue weighted by molar-refractivity contribution is -0.274. The summed E-state index contributed by atoms with van der Waals surface area (Å²) in [5.41, 5.74) is 2.69. The molecule has 1 saturated carbocycles. The number of fused-ring (bicyclic) bond motifs is 1. The van der Waals surface area contributed by atoms with Gasteiger partial charge in [-0.25, -0.2) is 4.39 Å². The molecule has 0 saturated heterocycles. The van der Waals surface area contributed by atoms with E-state index in [-0.39, 0.29) is 11.6 Å². The fourth-order valence-electron chi connectivity index (χ4n) is 5.57. The summed E-state index contributed by atoms with van der Waals surface area (Å²) in [6, 6.07) is 15.6. The van der Waals surface area contributed by atoms with Crippen LogP contribution in [-0.2, 0) is 24.0 Å². The van der Waals surface area contributed by atoms with Crippen molar-refractivity contribution in [2.24, 2.45) is 11.8 Å². The molecule has 0 atom stereocenters. The molecule has 0 heterocycles. The average Bonchev–Trinajstić information content (AvgIpc) is 2.88. The Morgan fingerprint density at radius 2 is 1.46 bits per heavy atom. The van der Waals surface area contributed by atoms with Gasteiger partial charge in [0, 0.05) is 19.1 Å². The molecule has 1 aliphatic carbocycles. The van der Waals surface area contributed by atoms with E-state index in [1.54, 1.807) is 19.2 Å². The van der Waals surface area contributed by atoms with E-state index in [1.807, 2.05) is 24.3 Å².